The lowest BCUT2D eigenvalue weighted by molar-refractivity contribution is 0.0692. The lowest BCUT2D eigenvalue weighted by Crippen LogP contribution is -2.28. The van der Waals surface area contributed by atoms with Crippen LogP contribution in [0.2, 0.25) is 0 Å². The molecule has 0 amide bonds. The topological polar surface area (TPSA) is 40.5 Å². The van der Waals surface area contributed by atoms with Crippen molar-refractivity contribution in [2.45, 2.75) is 26.3 Å². The van der Waals surface area contributed by atoms with Gasteiger partial charge in [0.2, 0.25) is 0 Å². The van der Waals surface area contributed by atoms with Crippen LogP contribution in [0.3, 0.4) is 0 Å². The molecule has 1 heterocycles. The summed E-state index contributed by atoms with van der Waals surface area (Å²) in [5, 5.41) is 9.09. The molecule has 1 aromatic carbocycles. The first-order valence-electron chi connectivity index (χ1n) is 5.79. The number of hydrogen-bond acceptors (Lipinski definition) is 2. The van der Waals surface area contributed by atoms with E-state index in [1.165, 1.54) is 6.07 Å². The molecule has 17 heavy (non-hydrogen) atoms. The molecule has 1 fully saturated rings. The third-order valence-corrected chi connectivity index (χ3v) is 3.30. The van der Waals surface area contributed by atoms with Gasteiger partial charge in [0.25, 0.3) is 0 Å². The van der Waals surface area contributed by atoms with Crippen LogP contribution in [0, 0.1) is 11.7 Å². The zero-order valence-electron chi connectivity index (χ0n) is 9.98. The predicted octanol–water partition coefficient (Wildman–Crippen LogP) is 2.76. The zero-order chi connectivity index (χ0) is 12.6. The second-order valence-corrected chi connectivity index (χ2v) is 4.78. The summed E-state index contributed by atoms with van der Waals surface area (Å²) in [5.74, 6) is -1.36. The molecule has 0 radical (unpaired) electrons. The number of carboxylic acids is 1. The summed E-state index contributed by atoms with van der Waals surface area (Å²) < 4.78 is 13.6. The Morgan fingerprint density at radius 3 is 2.71 bits per heavy atom. The van der Waals surface area contributed by atoms with Crippen molar-refractivity contribution in [3.8, 4) is 0 Å². The van der Waals surface area contributed by atoms with Crippen molar-refractivity contribution in [3.05, 3.63) is 29.6 Å². The van der Waals surface area contributed by atoms with Crippen molar-refractivity contribution < 1.29 is 14.3 Å². The average molecular weight is 237 g/mol. The minimum absolute atomic E-state index is 0.214. The molecule has 2 rings (SSSR count). The fourth-order valence-electron chi connectivity index (χ4n) is 2.60. The molecular formula is C13H16FNO2. The number of hydrogen-bond donors (Lipinski definition) is 1. The Kier molecular flexibility index (Phi) is 3.05. The molecule has 2 unspecified atom stereocenters. The molecule has 92 valence electrons. The van der Waals surface area contributed by atoms with Crippen molar-refractivity contribution in [2.24, 2.45) is 5.92 Å². The van der Waals surface area contributed by atoms with E-state index in [2.05, 4.69) is 6.92 Å². The van der Waals surface area contributed by atoms with Crippen LogP contribution in [-0.2, 0) is 0 Å². The summed E-state index contributed by atoms with van der Waals surface area (Å²) in [4.78, 5) is 13.1. The van der Waals surface area contributed by atoms with Gasteiger partial charge in [-0.2, -0.15) is 0 Å². The van der Waals surface area contributed by atoms with Crippen LogP contribution in [0.1, 0.15) is 30.6 Å². The monoisotopic (exact) mass is 237 g/mol. The lowest BCUT2D eigenvalue weighted by Gasteiger charge is -2.25. The van der Waals surface area contributed by atoms with Crippen LogP contribution in [0.4, 0.5) is 10.1 Å². The molecule has 1 aromatic rings. The highest BCUT2D eigenvalue weighted by Gasteiger charge is 2.30. The Morgan fingerprint density at radius 2 is 2.18 bits per heavy atom. The molecule has 0 bridgehead atoms. The molecule has 1 aliphatic rings. The highest BCUT2D eigenvalue weighted by atomic mass is 19.1. The Labute approximate surface area is 99.9 Å². The molecule has 4 heteroatoms. The third kappa shape index (κ3) is 2.12. The van der Waals surface area contributed by atoms with E-state index in [1.807, 2.05) is 11.8 Å². The van der Waals surface area contributed by atoms with Gasteiger partial charge in [0, 0.05) is 12.6 Å². The van der Waals surface area contributed by atoms with Crippen LogP contribution in [-0.4, -0.2) is 23.7 Å². The molecular weight excluding hydrogens is 221 g/mol. The number of nitrogens with zero attached hydrogens (tertiary/aromatic N) is 1. The number of carboxylic acid groups (broad SMARTS) is 1. The first-order chi connectivity index (χ1) is 8.00. The van der Waals surface area contributed by atoms with Gasteiger partial charge in [0.1, 0.15) is 11.4 Å². The average Bonchev–Trinajstić information content (AvgIpc) is 2.56. The zero-order valence-corrected chi connectivity index (χ0v) is 9.98. The largest absolute Gasteiger partial charge is 0.478 e. The molecule has 1 saturated heterocycles. The van der Waals surface area contributed by atoms with E-state index in [4.69, 9.17) is 5.11 Å². The maximum absolute atomic E-state index is 13.6. The van der Waals surface area contributed by atoms with Gasteiger partial charge < -0.3 is 10.0 Å². The number of carbonyl (C=O) groups is 1. The van der Waals surface area contributed by atoms with E-state index in [0.717, 1.165) is 13.0 Å². The smallest absolute Gasteiger partial charge is 0.340 e. The molecule has 0 aliphatic carbocycles. The number of aromatic carboxylic acids is 1. The van der Waals surface area contributed by atoms with Crippen molar-refractivity contribution in [2.75, 3.05) is 11.4 Å². The van der Waals surface area contributed by atoms with Gasteiger partial charge in [-0.3, -0.25) is 0 Å². The van der Waals surface area contributed by atoms with Crippen LogP contribution in [0.5, 0.6) is 0 Å². The first kappa shape index (κ1) is 11.9. The number of rotatable bonds is 2. The van der Waals surface area contributed by atoms with Gasteiger partial charge in [-0.15, -0.1) is 0 Å². The molecule has 1 aliphatic heterocycles. The fourth-order valence-corrected chi connectivity index (χ4v) is 2.60. The van der Waals surface area contributed by atoms with E-state index in [1.54, 1.807) is 12.1 Å². The summed E-state index contributed by atoms with van der Waals surface area (Å²) in [6.45, 7) is 4.95. The normalized spacial score (nSPS) is 24.1. The fraction of sp³-hybridized carbons (Fsp3) is 0.462. The van der Waals surface area contributed by atoms with Crippen molar-refractivity contribution in [1.82, 2.24) is 0 Å². The standard InChI is InChI=1S/C13H16FNO2/c1-8-6-9(2)15(7-8)11-5-3-4-10(14)12(11)13(16)17/h3-5,8-9H,6-7H2,1-2H3,(H,16,17). The minimum atomic E-state index is -1.20. The van der Waals surface area contributed by atoms with Gasteiger partial charge in [-0.25, -0.2) is 9.18 Å². The quantitative estimate of drug-likeness (QED) is 0.859. The molecule has 0 saturated carbocycles. The van der Waals surface area contributed by atoms with Crippen LogP contribution >= 0.6 is 0 Å². The first-order valence-corrected chi connectivity index (χ1v) is 5.79. The Balaban J connectivity index is 2.45. The maximum atomic E-state index is 13.6. The number of benzene rings is 1. The van der Waals surface area contributed by atoms with Crippen molar-refractivity contribution in [3.63, 3.8) is 0 Å². The van der Waals surface area contributed by atoms with Gasteiger partial charge in [-0.1, -0.05) is 13.0 Å². The number of anilines is 1. The van der Waals surface area contributed by atoms with Crippen LogP contribution < -0.4 is 4.90 Å². The minimum Gasteiger partial charge on any atom is -0.478 e. The molecule has 3 nitrogen and oxygen atoms in total. The summed E-state index contributed by atoms with van der Waals surface area (Å²) in [5.41, 5.74) is 0.280. The Bertz CT molecular complexity index is 447. The summed E-state index contributed by atoms with van der Waals surface area (Å²) in [6.07, 6.45) is 1.01. The van der Waals surface area contributed by atoms with E-state index >= 15 is 0 Å². The van der Waals surface area contributed by atoms with Gasteiger partial charge in [0.05, 0.1) is 5.69 Å². The van der Waals surface area contributed by atoms with E-state index in [0.29, 0.717) is 11.6 Å². The summed E-state index contributed by atoms with van der Waals surface area (Å²) in [6, 6.07) is 4.69. The Morgan fingerprint density at radius 1 is 1.47 bits per heavy atom. The molecule has 0 spiro atoms. The third-order valence-electron chi connectivity index (χ3n) is 3.30. The Hall–Kier alpha value is -1.58. The highest BCUT2D eigenvalue weighted by molar-refractivity contribution is 5.94. The lowest BCUT2D eigenvalue weighted by atomic mass is 10.1. The van der Waals surface area contributed by atoms with Gasteiger partial charge in [0.15, 0.2) is 0 Å². The van der Waals surface area contributed by atoms with Crippen LogP contribution in [0.15, 0.2) is 18.2 Å². The highest BCUT2D eigenvalue weighted by Crippen LogP contribution is 2.32. The van der Waals surface area contributed by atoms with Gasteiger partial charge >= 0.3 is 5.97 Å². The van der Waals surface area contributed by atoms with Crippen molar-refractivity contribution >= 4 is 11.7 Å². The van der Waals surface area contributed by atoms with E-state index in [9.17, 15) is 9.18 Å². The van der Waals surface area contributed by atoms with Crippen LogP contribution in [0.25, 0.3) is 0 Å². The van der Waals surface area contributed by atoms with E-state index < -0.39 is 11.8 Å². The SMILES string of the molecule is CC1CC(C)N(c2cccc(F)c2C(=O)O)C1. The summed E-state index contributed by atoms with van der Waals surface area (Å²) in [7, 11) is 0. The van der Waals surface area contributed by atoms with Gasteiger partial charge in [-0.05, 0) is 31.4 Å². The predicted molar refractivity (Wildman–Crippen MR) is 63.9 cm³/mol. The second-order valence-electron chi connectivity index (χ2n) is 4.78. The van der Waals surface area contributed by atoms with Crippen molar-refractivity contribution in [1.29, 1.82) is 0 Å². The van der Waals surface area contributed by atoms with E-state index in [-0.39, 0.29) is 11.6 Å². The maximum Gasteiger partial charge on any atom is 0.340 e. The molecule has 2 atom stereocenters. The summed E-state index contributed by atoms with van der Waals surface area (Å²) >= 11 is 0. The number of halogens is 1. The second kappa shape index (κ2) is 4.35. The molecule has 1 N–H and O–H groups in total. The molecule has 0 aromatic heterocycles.